The number of rotatable bonds is 7. The molecule has 0 radical (unpaired) electrons. The smallest absolute Gasteiger partial charge is 0.212 e. The van der Waals surface area contributed by atoms with Gasteiger partial charge in [0.15, 0.2) is 0 Å². The topological polar surface area (TPSA) is 37.4 Å². The number of nitrogens with zero attached hydrogens (tertiary/aromatic N) is 2. The zero-order valence-corrected chi connectivity index (χ0v) is 11.2. The van der Waals surface area contributed by atoms with E-state index < -0.39 is 0 Å². The van der Waals surface area contributed by atoms with Gasteiger partial charge in [0.1, 0.15) is 0 Å². The monoisotopic (exact) mass is 237 g/mol. The van der Waals surface area contributed by atoms with E-state index in [1.165, 1.54) is 5.56 Å². The summed E-state index contributed by atoms with van der Waals surface area (Å²) in [6, 6.07) is 4.52. The Labute approximate surface area is 104 Å². The van der Waals surface area contributed by atoms with Gasteiger partial charge in [0.25, 0.3) is 0 Å². The lowest BCUT2D eigenvalue weighted by Crippen LogP contribution is -2.33. The van der Waals surface area contributed by atoms with Crippen molar-refractivity contribution < 1.29 is 4.74 Å². The maximum absolute atomic E-state index is 5.01. The van der Waals surface area contributed by atoms with Crippen LogP contribution in [-0.4, -0.2) is 43.2 Å². The maximum atomic E-state index is 5.01. The molecule has 0 spiro atoms. The van der Waals surface area contributed by atoms with Gasteiger partial charge in [-0.15, -0.1) is 0 Å². The van der Waals surface area contributed by atoms with Crippen molar-refractivity contribution in [1.82, 2.24) is 15.2 Å². The quantitative estimate of drug-likeness (QED) is 0.730. The van der Waals surface area contributed by atoms with Crippen molar-refractivity contribution in [2.24, 2.45) is 0 Å². The number of nitrogens with one attached hydrogen (secondary N) is 1. The molecule has 0 saturated heterocycles. The Balaban J connectivity index is 2.22. The summed E-state index contributed by atoms with van der Waals surface area (Å²) in [5, 5.41) is 3.40. The number of pyridine rings is 1. The maximum Gasteiger partial charge on any atom is 0.212 e. The first-order chi connectivity index (χ1) is 8.13. The number of ether oxygens (including phenoxy) is 1. The molecule has 17 heavy (non-hydrogen) atoms. The van der Waals surface area contributed by atoms with Crippen LogP contribution in [0.2, 0.25) is 0 Å². The zero-order valence-electron chi connectivity index (χ0n) is 11.2. The predicted molar refractivity (Wildman–Crippen MR) is 70.3 cm³/mol. The molecule has 0 unspecified atom stereocenters. The summed E-state index contributed by atoms with van der Waals surface area (Å²) in [4.78, 5) is 6.49. The van der Waals surface area contributed by atoms with Gasteiger partial charge in [0.05, 0.1) is 7.11 Å². The summed E-state index contributed by atoms with van der Waals surface area (Å²) in [7, 11) is 3.77. The summed E-state index contributed by atoms with van der Waals surface area (Å²) < 4.78 is 5.01. The van der Waals surface area contributed by atoms with Crippen LogP contribution in [0.15, 0.2) is 18.3 Å². The molecule has 1 rings (SSSR count). The number of hydrogen-bond acceptors (Lipinski definition) is 4. The number of likely N-dealkylation sites (N-methyl/N-ethyl adjacent to an activating group) is 1. The highest BCUT2D eigenvalue weighted by Crippen LogP contribution is 2.05. The molecule has 0 fully saturated rings. The van der Waals surface area contributed by atoms with Crippen molar-refractivity contribution in [3.05, 3.63) is 23.9 Å². The van der Waals surface area contributed by atoms with Crippen LogP contribution in [0.1, 0.15) is 19.4 Å². The van der Waals surface area contributed by atoms with E-state index in [1.807, 2.05) is 18.3 Å². The van der Waals surface area contributed by atoms with E-state index in [0.717, 1.165) is 19.6 Å². The molecule has 0 atom stereocenters. The number of aromatic nitrogens is 1. The molecule has 0 aromatic carbocycles. The Morgan fingerprint density at radius 2 is 2.18 bits per heavy atom. The van der Waals surface area contributed by atoms with Gasteiger partial charge in [0, 0.05) is 37.9 Å². The third kappa shape index (κ3) is 5.15. The first kappa shape index (κ1) is 13.9. The first-order valence-electron chi connectivity index (χ1n) is 6.03. The minimum absolute atomic E-state index is 0.597. The number of hydrogen-bond donors (Lipinski definition) is 1. The van der Waals surface area contributed by atoms with Crippen LogP contribution in [0.25, 0.3) is 0 Å². The second-order valence-electron chi connectivity index (χ2n) is 4.46. The van der Waals surface area contributed by atoms with Crippen molar-refractivity contribution in [2.75, 3.05) is 27.2 Å². The average molecular weight is 237 g/mol. The lowest BCUT2D eigenvalue weighted by Gasteiger charge is -2.20. The van der Waals surface area contributed by atoms with E-state index >= 15 is 0 Å². The van der Waals surface area contributed by atoms with Gasteiger partial charge < -0.3 is 15.0 Å². The van der Waals surface area contributed by atoms with Crippen molar-refractivity contribution in [3.8, 4) is 5.88 Å². The Morgan fingerprint density at radius 3 is 2.71 bits per heavy atom. The Kier molecular flexibility index (Phi) is 5.94. The molecule has 0 saturated carbocycles. The lowest BCUT2D eigenvalue weighted by molar-refractivity contribution is 0.273. The highest BCUT2D eigenvalue weighted by molar-refractivity contribution is 5.17. The SMILES string of the molecule is COc1ccc(CNCCN(C)C(C)C)cn1. The third-order valence-corrected chi connectivity index (χ3v) is 2.86. The Hall–Kier alpha value is -1.13. The molecule has 0 aliphatic carbocycles. The third-order valence-electron chi connectivity index (χ3n) is 2.86. The van der Waals surface area contributed by atoms with Crippen molar-refractivity contribution in [3.63, 3.8) is 0 Å². The summed E-state index contributed by atoms with van der Waals surface area (Å²) in [6.07, 6.45) is 1.85. The molecule has 0 amide bonds. The molecule has 1 heterocycles. The Morgan fingerprint density at radius 1 is 1.41 bits per heavy atom. The van der Waals surface area contributed by atoms with Crippen molar-refractivity contribution in [2.45, 2.75) is 26.4 Å². The zero-order chi connectivity index (χ0) is 12.7. The molecule has 0 aliphatic heterocycles. The van der Waals surface area contributed by atoms with E-state index in [1.54, 1.807) is 7.11 Å². The Bertz CT molecular complexity index is 311. The van der Waals surface area contributed by atoms with E-state index in [-0.39, 0.29) is 0 Å². The van der Waals surface area contributed by atoms with Crippen molar-refractivity contribution >= 4 is 0 Å². The first-order valence-corrected chi connectivity index (χ1v) is 6.03. The molecule has 0 bridgehead atoms. The fraction of sp³-hybridized carbons (Fsp3) is 0.615. The molecule has 96 valence electrons. The molecular weight excluding hydrogens is 214 g/mol. The minimum Gasteiger partial charge on any atom is -0.481 e. The van der Waals surface area contributed by atoms with Gasteiger partial charge in [-0.2, -0.15) is 0 Å². The van der Waals surface area contributed by atoms with Gasteiger partial charge in [-0.1, -0.05) is 6.07 Å². The fourth-order valence-corrected chi connectivity index (χ4v) is 1.38. The highest BCUT2D eigenvalue weighted by atomic mass is 16.5. The van der Waals surface area contributed by atoms with Crippen molar-refractivity contribution in [1.29, 1.82) is 0 Å². The molecule has 0 aliphatic rings. The molecule has 4 heteroatoms. The van der Waals surface area contributed by atoms with Crippen LogP contribution in [-0.2, 0) is 6.54 Å². The van der Waals surface area contributed by atoms with Crippen LogP contribution < -0.4 is 10.1 Å². The summed E-state index contributed by atoms with van der Waals surface area (Å²) >= 11 is 0. The summed E-state index contributed by atoms with van der Waals surface area (Å²) in [6.45, 7) is 7.30. The molecular formula is C13H23N3O. The van der Waals surface area contributed by atoms with E-state index in [2.05, 4.69) is 36.1 Å². The van der Waals surface area contributed by atoms with Gasteiger partial charge in [0.2, 0.25) is 5.88 Å². The van der Waals surface area contributed by atoms with Crippen LogP contribution in [0.5, 0.6) is 5.88 Å². The summed E-state index contributed by atoms with van der Waals surface area (Å²) in [5.74, 6) is 0.660. The highest BCUT2D eigenvalue weighted by Gasteiger charge is 2.01. The standard InChI is InChI=1S/C13H23N3O/c1-11(2)16(3)8-7-14-9-12-5-6-13(17-4)15-10-12/h5-6,10-11,14H,7-9H2,1-4H3. The summed E-state index contributed by atoms with van der Waals surface area (Å²) in [5.41, 5.74) is 1.18. The van der Waals surface area contributed by atoms with Crippen LogP contribution >= 0.6 is 0 Å². The molecule has 4 nitrogen and oxygen atoms in total. The molecule has 1 aromatic rings. The van der Waals surface area contributed by atoms with Gasteiger partial charge in [-0.25, -0.2) is 4.98 Å². The fourth-order valence-electron chi connectivity index (χ4n) is 1.38. The van der Waals surface area contributed by atoms with Crippen LogP contribution in [0, 0.1) is 0 Å². The van der Waals surface area contributed by atoms with Crippen LogP contribution in [0.3, 0.4) is 0 Å². The van der Waals surface area contributed by atoms with E-state index in [4.69, 9.17) is 4.74 Å². The second-order valence-corrected chi connectivity index (χ2v) is 4.46. The number of methoxy groups -OCH3 is 1. The van der Waals surface area contributed by atoms with Gasteiger partial charge >= 0.3 is 0 Å². The molecule has 1 aromatic heterocycles. The predicted octanol–water partition coefficient (Wildman–Crippen LogP) is 1.52. The molecule has 1 N–H and O–H groups in total. The largest absolute Gasteiger partial charge is 0.481 e. The second kappa shape index (κ2) is 7.25. The van der Waals surface area contributed by atoms with E-state index in [0.29, 0.717) is 11.9 Å². The normalized spacial score (nSPS) is 11.2. The average Bonchev–Trinajstić information content (AvgIpc) is 2.35. The lowest BCUT2D eigenvalue weighted by atomic mass is 10.3. The minimum atomic E-state index is 0.597. The van der Waals surface area contributed by atoms with Gasteiger partial charge in [-0.3, -0.25) is 0 Å². The van der Waals surface area contributed by atoms with E-state index in [9.17, 15) is 0 Å². The van der Waals surface area contributed by atoms with Gasteiger partial charge in [-0.05, 0) is 26.5 Å². The van der Waals surface area contributed by atoms with Crippen LogP contribution in [0.4, 0.5) is 0 Å².